The number of ether oxygens (including phenoxy) is 1. The van der Waals surface area contributed by atoms with Crippen LogP contribution in [0.2, 0.25) is 5.02 Å². The van der Waals surface area contributed by atoms with Crippen LogP contribution >= 0.6 is 11.6 Å². The number of halogens is 1. The summed E-state index contributed by atoms with van der Waals surface area (Å²) in [5, 5.41) is 5.68. The molecule has 4 atom stereocenters. The minimum atomic E-state index is -0.668. The molecule has 2 aliphatic carbocycles. The molecule has 6 nitrogen and oxygen atoms in total. The first-order valence-corrected chi connectivity index (χ1v) is 9.79. The van der Waals surface area contributed by atoms with E-state index in [-0.39, 0.29) is 30.7 Å². The summed E-state index contributed by atoms with van der Waals surface area (Å²) in [7, 11) is 0. The molecule has 146 valence electrons. The molecule has 3 rings (SSSR count). The second kappa shape index (κ2) is 8.74. The van der Waals surface area contributed by atoms with Crippen LogP contribution < -0.4 is 10.6 Å². The Hall–Kier alpha value is -2.08. The van der Waals surface area contributed by atoms with E-state index in [4.69, 9.17) is 16.3 Å². The molecule has 2 aliphatic rings. The van der Waals surface area contributed by atoms with Crippen LogP contribution in [-0.4, -0.2) is 37.0 Å². The number of rotatable bonds is 7. The second-order valence-electron chi connectivity index (χ2n) is 7.52. The number of fused-ring (bicyclic) bond motifs is 2. The standard InChI is InChI=1S/C20H25ClN2O4/c1-12(16-9-13-6-7-14(16)8-13)23-18(24)11-27-19(25)10-22-20(26)15-4-2-3-5-17(15)21/h2-5,12-14,16H,6-11H2,1H3,(H,22,26)(H,23,24)/t12-,13-,14-,16-/m0/s1. The third-order valence-corrected chi connectivity index (χ3v) is 6.03. The monoisotopic (exact) mass is 392 g/mol. The molecule has 0 spiro atoms. The van der Waals surface area contributed by atoms with Crippen LogP contribution in [0.25, 0.3) is 0 Å². The first kappa shape index (κ1) is 19.7. The van der Waals surface area contributed by atoms with E-state index in [1.807, 2.05) is 6.92 Å². The number of amides is 2. The van der Waals surface area contributed by atoms with Gasteiger partial charge in [0.25, 0.3) is 11.8 Å². The molecule has 0 aromatic heterocycles. The first-order valence-electron chi connectivity index (χ1n) is 9.41. The van der Waals surface area contributed by atoms with Crippen LogP contribution in [0, 0.1) is 17.8 Å². The third kappa shape index (κ3) is 5.01. The molecule has 27 heavy (non-hydrogen) atoms. The highest BCUT2D eigenvalue weighted by atomic mass is 35.5. The van der Waals surface area contributed by atoms with Crippen LogP contribution in [0.1, 0.15) is 43.0 Å². The smallest absolute Gasteiger partial charge is 0.325 e. The zero-order valence-corrected chi connectivity index (χ0v) is 16.1. The molecule has 2 amide bonds. The normalized spacial score (nSPS) is 24.3. The molecular formula is C20H25ClN2O4. The molecule has 0 aliphatic heterocycles. The summed E-state index contributed by atoms with van der Waals surface area (Å²) in [5.74, 6) is 0.617. The third-order valence-electron chi connectivity index (χ3n) is 5.70. The highest BCUT2D eigenvalue weighted by Gasteiger charge is 2.42. The van der Waals surface area contributed by atoms with Crippen molar-refractivity contribution in [3.63, 3.8) is 0 Å². The molecule has 2 N–H and O–H groups in total. The summed E-state index contributed by atoms with van der Waals surface area (Å²) < 4.78 is 4.95. The van der Waals surface area contributed by atoms with Gasteiger partial charge < -0.3 is 15.4 Å². The van der Waals surface area contributed by atoms with Crippen molar-refractivity contribution in [1.29, 1.82) is 0 Å². The molecule has 7 heteroatoms. The Bertz CT molecular complexity index is 724. The highest BCUT2D eigenvalue weighted by molar-refractivity contribution is 6.33. The highest BCUT2D eigenvalue weighted by Crippen LogP contribution is 2.49. The molecule has 2 bridgehead atoms. The van der Waals surface area contributed by atoms with Crippen molar-refractivity contribution in [3.8, 4) is 0 Å². The Kier molecular flexibility index (Phi) is 6.37. The molecule has 2 fully saturated rings. The van der Waals surface area contributed by atoms with Crippen molar-refractivity contribution < 1.29 is 19.1 Å². The van der Waals surface area contributed by atoms with E-state index >= 15 is 0 Å². The lowest BCUT2D eigenvalue weighted by molar-refractivity contribution is -0.147. The van der Waals surface area contributed by atoms with Gasteiger partial charge in [-0.15, -0.1) is 0 Å². The van der Waals surface area contributed by atoms with Gasteiger partial charge in [0.2, 0.25) is 0 Å². The lowest BCUT2D eigenvalue weighted by atomic mass is 9.84. The molecule has 0 unspecified atom stereocenters. The molecule has 0 radical (unpaired) electrons. The summed E-state index contributed by atoms with van der Waals surface area (Å²) in [6.45, 7) is 1.36. The molecule has 1 aromatic rings. The van der Waals surface area contributed by atoms with Gasteiger partial charge in [0, 0.05) is 6.04 Å². The van der Waals surface area contributed by atoms with Gasteiger partial charge in [-0.3, -0.25) is 14.4 Å². The van der Waals surface area contributed by atoms with Crippen LogP contribution in [0.4, 0.5) is 0 Å². The molecule has 1 aromatic carbocycles. The van der Waals surface area contributed by atoms with Gasteiger partial charge in [-0.25, -0.2) is 0 Å². The molecule has 0 heterocycles. The van der Waals surface area contributed by atoms with Gasteiger partial charge in [0.1, 0.15) is 6.54 Å². The maximum atomic E-state index is 12.0. The van der Waals surface area contributed by atoms with Crippen LogP contribution in [0.3, 0.4) is 0 Å². The summed E-state index contributed by atoms with van der Waals surface area (Å²) in [6, 6.07) is 6.64. The zero-order chi connectivity index (χ0) is 19.4. The number of carbonyl (C=O) groups is 3. The minimum Gasteiger partial charge on any atom is -0.454 e. The van der Waals surface area contributed by atoms with Gasteiger partial charge >= 0.3 is 5.97 Å². The zero-order valence-electron chi connectivity index (χ0n) is 15.4. The maximum absolute atomic E-state index is 12.0. The van der Waals surface area contributed by atoms with E-state index in [0.717, 1.165) is 5.92 Å². The van der Waals surface area contributed by atoms with E-state index < -0.39 is 11.9 Å². The minimum absolute atomic E-state index is 0.0893. The number of hydrogen-bond donors (Lipinski definition) is 2. The average Bonchev–Trinajstić information content (AvgIpc) is 3.28. The molecular weight excluding hydrogens is 368 g/mol. The number of hydrogen-bond acceptors (Lipinski definition) is 4. The maximum Gasteiger partial charge on any atom is 0.325 e. The van der Waals surface area contributed by atoms with Gasteiger partial charge in [0.05, 0.1) is 10.6 Å². The number of benzene rings is 1. The van der Waals surface area contributed by atoms with Gasteiger partial charge in [0.15, 0.2) is 6.61 Å². The van der Waals surface area contributed by atoms with Gasteiger partial charge in [-0.05, 0) is 56.1 Å². The van der Waals surface area contributed by atoms with E-state index in [0.29, 0.717) is 16.9 Å². The SMILES string of the molecule is C[C@H](NC(=O)COC(=O)CNC(=O)c1ccccc1Cl)[C@@H]1C[C@H]2CC[C@H]1C2. The van der Waals surface area contributed by atoms with Crippen molar-refractivity contribution in [1.82, 2.24) is 10.6 Å². The topological polar surface area (TPSA) is 84.5 Å². The van der Waals surface area contributed by atoms with Crippen LogP contribution in [0.5, 0.6) is 0 Å². The lowest BCUT2D eigenvalue weighted by Gasteiger charge is -2.28. The Balaban J connectivity index is 1.35. The van der Waals surface area contributed by atoms with Crippen molar-refractivity contribution in [2.45, 2.75) is 38.6 Å². The first-order chi connectivity index (χ1) is 12.9. The fourth-order valence-electron chi connectivity index (χ4n) is 4.40. The lowest BCUT2D eigenvalue weighted by Crippen LogP contribution is -2.42. The van der Waals surface area contributed by atoms with Crippen molar-refractivity contribution in [2.24, 2.45) is 17.8 Å². The number of nitrogens with one attached hydrogen (secondary N) is 2. The van der Waals surface area contributed by atoms with Crippen LogP contribution in [0.15, 0.2) is 24.3 Å². The largest absolute Gasteiger partial charge is 0.454 e. The average molecular weight is 393 g/mol. The fourth-order valence-corrected chi connectivity index (χ4v) is 4.62. The Labute approximate surface area is 164 Å². The Morgan fingerprint density at radius 3 is 2.67 bits per heavy atom. The van der Waals surface area contributed by atoms with Gasteiger partial charge in [-0.1, -0.05) is 30.2 Å². The summed E-state index contributed by atoms with van der Waals surface area (Å²) >= 11 is 5.93. The van der Waals surface area contributed by atoms with E-state index in [1.165, 1.54) is 25.7 Å². The predicted molar refractivity (Wildman–Crippen MR) is 101 cm³/mol. The Morgan fingerprint density at radius 2 is 2.00 bits per heavy atom. The summed E-state index contributed by atoms with van der Waals surface area (Å²) in [5.41, 5.74) is 0.282. The summed E-state index contributed by atoms with van der Waals surface area (Å²) in [6.07, 6.45) is 5.04. The fraction of sp³-hybridized carbons (Fsp3) is 0.550. The van der Waals surface area contributed by atoms with E-state index in [2.05, 4.69) is 10.6 Å². The molecule has 0 saturated heterocycles. The van der Waals surface area contributed by atoms with E-state index in [9.17, 15) is 14.4 Å². The Morgan fingerprint density at radius 1 is 1.22 bits per heavy atom. The number of esters is 1. The van der Waals surface area contributed by atoms with Crippen LogP contribution in [-0.2, 0) is 14.3 Å². The van der Waals surface area contributed by atoms with Crippen molar-refractivity contribution in [2.75, 3.05) is 13.2 Å². The quantitative estimate of drug-likeness (QED) is 0.698. The van der Waals surface area contributed by atoms with E-state index in [1.54, 1.807) is 24.3 Å². The van der Waals surface area contributed by atoms with Crippen molar-refractivity contribution >= 4 is 29.4 Å². The van der Waals surface area contributed by atoms with Gasteiger partial charge in [-0.2, -0.15) is 0 Å². The predicted octanol–water partition coefficient (Wildman–Crippen LogP) is 2.55. The van der Waals surface area contributed by atoms with Crippen molar-refractivity contribution in [3.05, 3.63) is 34.9 Å². The second-order valence-corrected chi connectivity index (χ2v) is 7.93. The number of carbonyl (C=O) groups excluding carboxylic acids is 3. The summed E-state index contributed by atoms with van der Waals surface area (Å²) in [4.78, 5) is 35.8. The molecule has 2 saturated carbocycles.